The van der Waals surface area contributed by atoms with Crippen molar-refractivity contribution in [2.75, 3.05) is 11.9 Å². The molecule has 1 saturated heterocycles. The number of hydrogen-bond acceptors (Lipinski definition) is 2. The van der Waals surface area contributed by atoms with E-state index in [0.29, 0.717) is 17.5 Å². The van der Waals surface area contributed by atoms with E-state index < -0.39 is 11.7 Å². The quantitative estimate of drug-likeness (QED) is 0.860. The van der Waals surface area contributed by atoms with Gasteiger partial charge in [-0.05, 0) is 53.4 Å². The maximum atomic E-state index is 12.6. The third-order valence-corrected chi connectivity index (χ3v) is 3.98. The highest BCUT2D eigenvalue weighted by atomic mass is 79.9. The molecule has 0 aromatic heterocycles. The lowest BCUT2D eigenvalue weighted by atomic mass is 10.1. The van der Waals surface area contributed by atoms with Gasteiger partial charge in [0.2, 0.25) is 5.91 Å². The number of ether oxygens (including phenoxy) is 1. The van der Waals surface area contributed by atoms with Crippen LogP contribution < -0.4 is 5.32 Å². The largest absolute Gasteiger partial charge is 0.416 e. The van der Waals surface area contributed by atoms with Crippen LogP contribution in [0.3, 0.4) is 0 Å². The van der Waals surface area contributed by atoms with Gasteiger partial charge in [0.15, 0.2) is 0 Å². The molecule has 1 atom stereocenters. The van der Waals surface area contributed by atoms with Gasteiger partial charge >= 0.3 is 6.18 Å². The maximum Gasteiger partial charge on any atom is 0.416 e. The standard InChI is InChI=1S/C14H15BrF3NO2/c15-11-5-3-9(14(16,17)18)8-12(11)19-13(20)6-4-10-2-1-7-21-10/h3,5,8,10H,1-2,4,6-7H2,(H,19,20). The highest BCUT2D eigenvalue weighted by Crippen LogP contribution is 2.34. The van der Waals surface area contributed by atoms with E-state index in [2.05, 4.69) is 21.2 Å². The smallest absolute Gasteiger partial charge is 0.378 e. The van der Waals surface area contributed by atoms with Crippen molar-refractivity contribution in [3.05, 3.63) is 28.2 Å². The topological polar surface area (TPSA) is 38.3 Å². The van der Waals surface area contributed by atoms with E-state index in [4.69, 9.17) is 4.74 Å². The average Bonchev–Trinajstić information content (AvgIpc) is 2.91. The number of carbonyl (C=O) groups is 1. The minimum atomic E-state index is -4.43. The molecule has 116 valence electrons. The first-order valence-corrected chi connectivity index (χ1v) is 7.44. The zero-order valence-electron chi connectivity index (χ0n) is 11.2. The van der Waals surface area contributed by atoms with Gasteiger partial charge in [-0.25, -0.2) is 0 Å². The van der Waals surface area contributed by atoms with Gasteiger partial charge in [-0.3, -0.25) is 4.79 Å². The Labute approximate surface area is 129 Å². The number of anilines is 1. The van der Waals surface area contributed by atoms with Gasteiger partial charge in [0.1, 0.15) is 0 Å². The van der Waals surface area contributed by atoms with Crippen LogP contribution in [0.1, 0.15) is 31.2 Å². The first-order chi connectivity index (χ1) is 9.86. The second-order valence-corrected chi connectivity index (χ2v) is 5.77. The summed E-state index contributed by atoms with van der Waals surface area (Å²) in [7, 11) is 0. The van der Waals surface area contributed by atoms with Crippen LogP contribution in [-0.2, 0) is 15.7 Å². The van der Waals surface area contributed by atoms with Gasteiger partial charge in [0.25, 0.3) is 0 Å². The molecular weight excluding hydrogens is 351 g/mol. The summed E-state index contributed by atoms with van der Waals surface area (Å²) in [5, 5.41) is 2.51. The highest BCUT2D eigenvalue weighted by Gasteiger charge is 2.31. The third kappa shape index (κ3) is 4.71. The van der Waals surface area contributed by atoms with Crippen molar-refractivity contribution in [1.29, 1.82) is 0 Å². The van der Waals surface area contributed by atoms with E-state index >= 15 is 0 Å². The van der Waals surface area contributed by atoms with Crippen LogP contribution >= 0.6 is 15.9 Å². The van der Waals surface area contributed by atoms with E-state index in [1.54, 1.807) is 0 Å². The van der Waals surface area contributed by atoms with E-state index in [9.17, 15) is 18.0 Å². The SMILES string of the molecule is O=C(CCC1CCCO1)Nc1cc(C(F)(F)F)ccc1Br. The molecule has 0 spiro atoms. The minimum absolute atomic E-state index is 0.0840. The summed E-state index contributed by atoms with van der Waals surface area (Å²) in [6, 6.07) is 3.17. The summed E-state index contributed by atoms with van der Waals surface area (Å²) < 4.78 is 43.8. The summed E-state index contributed by atoms with van der Waals surface area (Å²) in [4.78, 5) is 11.8. The minimum Gasteiger partial charge on any atom is -0.378 e. The third-order valence-electron chi connectivity index (χ3n) is 3.29. The fourth-order valence-electron chi connectivity index (χ4n) is 2.17. The fourth-order valence-corrected chi connectivity index (χ4v) is 2.52. The summed E-state index contributed by atoms with van der Waals surface area (Å²) in [5.74, 6) is -0.314. The Kier molecular flexibility index (Phi) is 5.27. The van der Waals surface area contributed by atoms with Crippen molar-refractivity contribution in [3.8, 4) is 0 Å². The van der Waals surface area contributed by atoms with E-state index in [-0.39, 0.29) is 24.1 Å². The number of carbonyl (C=O) groups excluding carboxylic acids is 1. The van der Waals surface area contributed by atoms with Crippen molar-refractivity contribution in [2.24, 2.45) is 0 Å². The Balaban J connectivity index is 1.96. The van der Waals surface area contributed by atoms with E-state index in [1.807, 2.05) is 0 Å². The lowest BCUT2D eigenvalue weighted by Crippen LogP contribution is -2.16. The molecule has 0 saturated carbocycles. The zero-order chi connectivity index (χ0) is 15.5. The molecule has 2 rings (SSSR count). The molecular formula is C14H15BrF3NO2. The van der Waals surface area contributed by atoms with Gasteiger partial charge in [-0.2, -0.15) is 13.2 Å². The summed E-state index contributed by atoms with van der Waals surface area (Å²) in [6.45, 7) is 0.714. The van der Waals surface area contributed by atoms with Gasteiger partial charge in [0, 0.05) is 17.5 Å². The lowest BCUT2D eigenvalue weighted by Gasteiger charge is -2.13. The Morgan fingerprint density at radius 3 is 2.81 bits per heavy atom. The molecule has 21 heavy (non-hydrogen) atoms. The van der Waals surface area contributed by atoms with E-state index in [1.165, 1.54) is 6.07 Å². The van der Waals surface area contributed by atoms with Crippen molar-refractivity contribution < 1.29 is 22.7 Å². The molecule has 0 bridgehead atoms. The Morgan fingerprint density at radius 2 is 2.19 bits per heavy atom. The molecule has 1 aromatic rings. The maximum absolute atomic E-state index is 12.6. The molecule has 0 aliphatic carbocycles. The molecule has 1 amide bonds. The van der Waals surface area contributed by atoms with Crippen LogP contribution in [-0.4, -0.2) is 18.6 Å². The summed E-state index contributed by atoms with van der Waals surface area (Å²) in [6.07, 6.45) is -1.61. The Hall–Kier alpha value is -1.08. The summed E-state index contributed by atoms with van der Waals surface area (Å²) in [5.41, 5.74) is -0.665. The van der Waals surface area contributed by atoms with Crippen LogP contribution in [0, 0.1) is 0 Å². The monoisotopic (exact) mass is 365 g/mol. The van der Waals surface area contributed by atoms with Crippen LogP contribution in [0.25, 0.3) is 0 Å². The second-order valence-electron chi connectivity index (χ2n) is 4.91. The predicted octanol–water partition coefficient (Wildman–Crippen LogP) is 4.37. The Bertz CT molecular complexity index is 513. The molecule has 0 radical (unpaired) electrons. The molecule has 1 heterocycles. The molecule has 7 heteroatoms. The fraction of sp³-hybridized carbons (Fsp3) is 0.500. The Morgan fingerprint density at radius 1 is 1.43 bits per heavy atom. The predicted molar refractivity (Wildman–Crippen MR) is 76.0 cm³/mol. The van der Waals surface area contributed by atoms with Crippen molar-refractivity contribution in [2.45, 2.75) is 38.0 Å². The summed E-state index contributed by atoms with van der Waals surface area (Å²) >= 11 is 3.14. The van der Waals surface area contributed by atoms with Gasteiger partial charge in [-0.1, -0.05) is 0 Å². The molecule has 1 N–H and O–H groups in total. The number of nitrogens with one attached hydrogen (secondary N) is 1. The average molecular weight is 366 g/mol. The number of halogens is 4. The number of rotatable bonds is 4. The number of benzene rings is 1. The van der Waals surface area contributed by atoms with Crippen LogP contribution in [0.2, 0.25) is 0 Å². The molecule has 1 unspecified atom stereocenters. The van der Waals surface area contributed by atoms with Crippen molar-refractivity contribution >= 4 is 27.5 Å². The van der Waals surface area contributed by atoms with Gasteiger partial charge in [-0.15, -0.1) is 0 Å². The van der Waals surface area contributed by atoms with Gasteiger partial charge < -0.3 is 10.1 Å². The lowest BCUT2D eigenvalue weighted by molar-refractivity contribution is -0.137. The molecule has 3 nitrogen and oxygen atoms in total. The van der Waals surface area contributed by atoms with Crippen molar-refractivity contribution in [1.82, 2.24) is 0 Å². The zero-order valence-corrected chi connectivity index (χ0v) is 12.8. The number of alkyl halides is 3. The van der Waals surface area contributed by atoms with Crippen LogP contribution in [0.5, 0.6) is 0 Å². The number of hydrogen-bond donors (Lipinski definition) is 1. The molecule has 1 fully saturated rings. The van der Waals surface area contributed by atoms with Crippen LogP contribution in [0.15, 0.2) is 22.7 Å². The highest BCUT2D eigenvalue weighted by molar-refractivity contribution is 9.10. The molecule has 1 aliphatic rings. The first-order valence-electron chi connectivity index (χ1n) is 6.64. The number of amides is 1. The van der Waals surface area contributed by atoms with Gasteiger partial charge in [0.05, 0.1) is 17.4 Å². The molecule has 1 aromatic carbocycles. The normalized spacial score (nSPS) is 18.8. The van der Waals surface area contributed by atoms with Crippen LogP contribution in [0.4, 0.5) is 18.9 Å². The molecule has 1 aliphatic heterocycles. The van der Waals surface area contributed by atoms with Crippen molar-refractivity contribution in [3.63, 3.8) is 0 Å². The first kappa shape index (κ1) is 16.3. The van der Waals surface area contributed by atoms with E-state index in [0.717, 1.165) is 25.0 Å². The second kappa shape index (κ2) is 6.79.